The van der Waals surface area contributed by atoms with Gasteiger partial charge in [0.1, 0.15) is 6.07 Å². The van der Waals surface area contributed by atoms with Crippen molar-refractivity contribution in [2.24, 2.45) is 0 Å². The Bertz CT molecular complexity index is 1070. The van der Waals surface area contributed by atoms with Crippen LogP contribution in [0.2, 0.25) is 0 Å². The van der Waals surface area contributed by atoms with E-state index in [1.807, 2.05) is 54.7 Å². The summed E-state index contributed by atoms with van der Waals surface area (Å²) in [6, 6.07) is 19.1. The Hall–Kier alpha value is -3.92. The zero-order chi connectivity index (χ0) is 17.2. The van der Waals surface area contributed by atoms with E-state index in [4.69, 9.17) is 10.4 Å². The summed E-state index contributed by atoms with van der Waals surface area (Å²) in [7, 11) is 0. The number of rotatable bonds is 3. The molecule has 0 amide bonds. The third-order valence-electron chi connectivity index (χ3n) is 3.79. The van der Waals surface area contributed by atoms with E-state index in [2.05, 4.69) is 21.4 Å². The second-order valence-electron chi connectivity index (χ2n) is 5.31. The minimum atomic E-state index is 0.140. The topological polar surface area (TPSA) is 107 Å². The molecule has 0 atom stereocenters. The van der Waals surface area contributed by atoms with Gasteiger partial charge < -0.3 is 5.73 Å². The van der Waals surface area contributed by atoms with Gasteiger partial charge in [-0.05, 0) is 22.4 Å². The Balaban J connectivity index is 1.98. The van der Waals surface area contributed by atoms with Gasteiger partial charge in [-0.25, -0.2) is 9.61 Å². The first-order chi connectivity index (χ1) is 12.3. The molecule has 0 saturated heterocycles. The van der Waals surface area contributed by atoms with Gasteiger partial charge in [-0.2, -0.15) is 5.26 Å². The number of anilines is 1. The fourth-order valence-electron chi connectivity index (χ4n) is 2.61. The predicted octanol–water partition coefficient (Wildman–Crippen LogP) is 3.04. The molecule has 0 unspecified atom stereocenters. The molecule has 120 valence electrons. The van der Waals surface area contributed by atoms with Crippen LogP contribution in [0.1, 0.15) is 5.56 Å². The zero-order valence-corrected chi connectivity index (χ0v) is 13.0. The Kier molecular flexibility index (Phi) is 3.48. The Morgan fingerprint density at radius 1 is 1.00 bits per heavy atom. The van der Waals surface area contributed by atoms with Gasteiger partial charge in [0.05, 0.1) is 16.9 Å². The van der Waals surface area contributed by atoms with Crippen molar-refractivity contribution in [3.63, 3.8) is 0 Å². The summed E-state index contributed by atoms with van der Waals surface area (Å²) in [4.78, 5) is 4.65. The van der Waals surface area contributed by atoms with Crippen molar-refractivity contribution in [1.29, 1.82) is 5.26 Å². The molecule has 0 fully saturated rings. The van der Waals surface area contributed by atoms with Gasteiger partial charge in [0.25, 0.3) is 0 Å². The van der Waals surface area contributed by atoms with Crippen LogP contribution in [-0.2, 0) is 0 Å². The first-order valence-electron chi connectivity index (χ1n) is 7.50. The molecular formula is C18H12N6O. The molecule has 0 spiro atoms. The lowest BCUT2D eigenvalue weighted by atomic mass is 10.1. The summed E-state index contributed by atoms with van der Waals surface area (Å²) in [5, 5.41) is 16.9. The van der Waals surface area contributed by atoms with Gasteiger partial charge in [0.2, 0.25) is 0 Å². The average Bonchev–Trinajstić information content (AvgIpc) is 3.28. The molecule has 7 nitrogen and oxygen atoms in total. The SMILES string of the molecule is N#Cc1ccccc1-n1cc(-c2ccccc2)nc1-c1nonc1N. The van der Waals surface area contributed by atoms with E-state index < -0.39 is 0 Å². The molecular weight excluding hydrogens is 316 g/mol. The van der Waals surface area contributed by atoms with Crippen molar-refractivity contribution in [3.8, 4) is 34.5 Å². The standard InChI is InChI=1S/C18H12N6O/c19-10-13-8-4-5-9-15(13)24-11-14(12-6-2-1-3-7-12)21-18(24)16-17(20)23-25-22-16/h1-9,11H,(H2,20,23). The quantitative estimate of drug-likeness (QED) is 0.619. The van der Waals surface area contributed by atoms with E-state index in [0.29, 0.717) is 22.8 Å². The first-order valence-corrected chi connectivity index (χ1v) is 7.50. The van der Waals surface area contributed by atoms with Crippen molar-refractivity contribution < 1.29 is 4.63 Å². The van der Waals surface area contributed by atoms with E-state index in [0.717, 1.165) is 11.3 Å². The van der Waals surface area contributed by atoms with E-state index >= 15 is 0 Å². The second kappa shape index (κ2) is 5.94. The number of hydrogen-bond acceptors (Lipinski definition) is 6. The maximum absolute atomic E-state index is 9.42. The highest BCUT2D eigenvalue weighted by Crippen LogP contribution is 2.30. The Morgan fingerprint density at radius 3 is 2.48 bits per heavy atom. The summed E-state index contributed by atoms with van der Waals surface area (Å²) in [6.07, 6.45) is 1.84. The molecule has 2 N–H and O–H groups in total. The number of nitrogen functional groups attached to an aromatic ring is 1. The van der Waals surface area contributed by atoms with E-state index in [9.17, 15) is 5.26 Å². The van der Waals surface area contributed by atoms with Crippen molar-refractivity contribution in [2.75, 3.05) is 5.73 Å². The molecule has 0 aliphatic heterocycles. The molecule has 0 aliphatic rings. The number of hydrogen-bond donors (Lipinski definition) is 1. The Labute approximate surface area is 142 Å². The van der Waals surface area contributed by atoms with Gasteiger partial charge in [-0.3, -0.25) is 4.57 Å². The van der Waals surface area contributed by atoms with E-state index in [1.165, 1.54) is 0 Å². The zero-order valence-electron chi connectivity index (χ0n) is 13.0. The van der Waals surface area contributed by atoms with Crippen LogP contribution >= 0.6 is 0 Å². The molecule has 2 aromatic carbocycles. The number of nitriles is 1. The minimum absolute atomic E-state index is 0.140. The molecule has 7 heteroatoms. The van der Waals surface area contributed by atoms with Crippen molar-refractivity contribution in [2.45, 2.75) is 0 Å². The number of para-hydroxylation sites is 1. The summed E-state index contributed by atoms with van der Waals surface area (Å²) >= 11 is 0. The van der Waals surface area contributed by atoms with Crippen LogP contribution < -0.4 is 5.73 Å². The van der Waals surface area contributed by atoms with Crippen molar-refractivity contribution in [1.82, 2.24) is 19.9 Å². The number of nitrogens with zero attached hydrogens (tertiary/aromatic N) is 5. The van der Waals surface area contributed by atoms with Crippen LogP contribution in [0.4, 0.5) is 5.82 Å². The van der Waals surface area contributed by atoms with Crippen LogP contribution in [0.3, 0.4) is 0 Å². The summed E-state index contributed by atoms with van der Waals surface area (Å²) in [6.45, 7) is 0. The van der Waals surface area contributed by atoms with Gasteiger partial charge in [-0.1, -0.05) is 42.5 Å². The molecule has 0 radical (unpaired) electrons. The van der Waals surface area contributed by atoms with Gasteiger partial charge in [-0.15, -0.1) is 0 Å². The van der Waals surface area contributed by atoms with E-state index in [-0.39, 0.29) is 5.82 Å². The van der Waals surface area contributed by atoms with Gasteiger partial charge in [0.15, 0.2) is 17.3 Å². The molecule has 4 aromatic rings. The van der Waals surface area contributed by atoms with Crippen LogP contribution in [0.25, 0.3) is 28.5 Å². The largest absolute Gasteiger partial charge is 0.379 e. The summed E-state index contributed by atoms with van der Waals surface area (Å²) in [5.74, 6) is 0.598. The highest BCUT2D eigenvalue weighted by molar-refractivity contribution is 5.71. The monoisotopic (exact) mass is 328 g/mol. The normalized spacial score (nSPS) is 10.5. The summed E-state index contributed by atoms with van der Waals surface area (Å²) in [5.41, 5.74) is 9.03. The number of nitrogens with two attached hydrogens (primary N) is 1. The van der Waals surface area contributed by atoms with Crippen LogP contribution in [0.15, 0.2) is 65.4 Å². The molecule has 4 rings (SSSR count). The molecule has 25 heavy (non-hydrogen) atoms. The summed E-state index contributed by atoms with van der Waals surface area (Å²) < 4.78 is 6.49. The molecule has 0 bridgehead atoms. The van der Waals surface area contributed by atoms with Crippen molar-refractivity contribution >= 4 is 5.82 Å². The number of aromatic nitrogens is 4. The van der Waals surface area contributed by atoms with Gasteiger partial charge in [0, 0.05) is 11.8 Å². The van der Waals surface area contributed by atoms with E-state index in [1.54, 1.807) is 10.6 Å². The molecule has 0 saturated carbocycles. The van der Waals surface area contributed by atoms with Crippen LogP contribution in [0.5, 0.6) is 0 Å². The van der Waals surface area contributed by atoms with Gasteiger partial charge >= 0.3 is 0 Å². The fourth-order valence-corrected chi connectivity index (χ4v) is 2.61. The highest BCUT2D eigenvalue weighted by Gasteiger charge is 2.20. The lowest BCUT2D eigenvalue weighted by molar-refractivity contribution is 0.310. The lowest BCUT2D eigenvalue weighted by Crippen LogP contribution is -2.00. The molecule has 2 heterocycles. The number of imidazole rings is 1. The smallest absolute Gasteiger partial charge is 0.199 e. The third kappa shape index (κ3) is 2.52. The minimum Gasteiger partial charge on any atom is -0.379 e. The maximum atomic E-state index is 9.42. The lowest BCUT2D eigenvalue weighted by Gasteiger charge is -2.07. The number of benzene rings is 2. The highest BCUT2D eigenvalue weighted by atomic mass is 16.6. The average molecular weight is 328 g/mol. The fraction of sp³-hybridized carbons (Fsp3) is 0. The third-order valence-corrected chi connectivity index (χ3v) is 3.79. The van der Waals surface area contributed by atoms with Crippen molar-refractivity contribution in [3.05, 3.63) is 66.4 Å². The maximum Gasteiger partial charge on any atom is 0.199 e. The molecule has 2 aromatic heterocycles. The van der Waals surface area contributed by atoms with Crippen LogP contribution in [0, 0.1) is 11.3 Å². The molecule has 0 aliphatic carbocycles. The second-order valence-corrected chi connectivity index (χ2v) is 5.31. The van der Waals surface area contributed by atoms with Crippen LogP contribution in [-0.4, -0.2) is 19.9 Å². The first kappa shape index (κ1) is 14.7. The predicted molar refractivity (Wildman–Crippen MR) is 91.4 cm³/mol. The Morgan fingerprint density at radius 2 is 1.76 bits per heavy atom.